The predicted octanol–water partition coefficient (Wildman–Crippen LogP) is 6.80. The number of benzene rings is 3. The average Bonchev–Trinajstić information content (AvgIpc) is 3.41. The summed E-state index contributed by atoms with van der Waals surface area (Å²) in [7, 11) is 0. The van der Waals surface area contributed by atoms with Gasteiger partial charge in [0.2, 0.25) is 5.91 Å². The van der Waals surface area contributed by atoms with Crippen LogP contribution in [0.3, 0.4) is 0 Å². The fourth-order valence-electron chi connectivity index (χ4n) is 5.55. The van der Waals surface area contributed by atoms with Crippen LogP contribution in [0.5, 0.6) is 0 Å². The number of hydrogen-bond donors (Lipinski definition) is 1. The molecular formula is C35H35N3O3S2. The maximum atomic E-state index is 14.1. The topological polar surface area (TPSA) is 73.2 Å². The van der Waals surface area contributed by atoms with E-state index in [2.05, 4.69) is 31.3 Å². The molecule has 0 radical (unpaired) electrons. The Morgan fingerprint density at radius 1 is 1.00 bits per heavy atom. The molecule has 0 spiro atoms. The number of carbonyl (C=O) groups is 1. The van der Waals surface area contributed by atoms with Gasteiger partial charge in [-0.3, -0.25) is 14.2 Å². The van der Waals surface area contributed by atoms with Crippen LogP contribution in [0.15, 0.2) is 101 Å². The van der Waals surface area contributed by atoms with E-state index < -0.39 is 0 Å². The molecule has 5 aromatic rings. The summed E-state index contributed by atoms with van der Waals surface area (Å²) >= 11 is 2.86. The van der Waals surface area contributed by atoms with Crippen molar-refractivity contribution in [3.63, 3.8) is 0 Å². The van der Waals surface area contributed by atoms with Gasteiger partial charge >= 0.3 is 0 Å². The monoisotopic (exact) mass is 609 g/mol. The predicted molar refractivity (Wildman–Crippen MR) is 175 cm³/mol. The van der Waals surface area contributed by atoms with Gasteiger partial charge in [0.05, 0.1) is 29.9 Å². The standard InChI is InChI=1S/C35H35N3O3S2/c1-23(2)28-20-27-29(21-41-28)43-33-31(27)34(40)38(19-18-24-12-6-3-7-13-24)35(37-33)42-22-30(39)36-32(25-14-8-4-9-15-25)26-16-10-5-11-17-26/h3-17,23,28,32H,18-22H2,1-2H3,(H,36,39)/t28-/m1/s1. The lowest BCUT2D eigenvalue weighted by Crippen LogP contribution is -2.31. The van der Waals surface area contributed by atoms with Gasteiger partial charge in [-0.2, -0.15) is 0 Å². The molecule has 3 aromatic carbocycles. The molecule has 43 heavy (non-hydrogen) atoms. The van der Waals surface area contributed by atoms with Crippen LogP contribution in [-0.2, 0) is 35.5 Å². The largest absolute Gasteiger partial charge is 0.372 e. The Bertz CT molecular complexity index is 1710. The van der Waals surface area contributed by atoms with Crippen LogP contribution in [-0.4, -0.2) is 27.3 Å². The SMILES string of the molecule is CC(C)[C@H]1Cc2c(sc3nc(SCC(=O)NC(c4ccccc4)c4ccccc4)n(CCc4ccccc4)c(=O)c23)CO1. The lowest BCUT2D eigenvalue weighted by atomic mass is 9.96. The molecule has 6 nitrogen and oxygen atoms in total. The van der Waals surface area contributed by atoms with Crippen molar-refractivity contribution in [2.24, 2.45) is 5.92 Å². The van der Waals surface area contributed by atoms with E-state index in [1.807, 2.05) is 78.9 Å². The third-order valence-electron chi connectivity index (χ3n) is 7.91. The first kappa shape index (κ1) is 29.4. The molecule has 1 aliphatic heterocycles. The fourth-order valence-corrected chi connectivity index (χ4v) is 7.55. The Morgan fingerprint density at radius 3 is 2.26 bits per heavy atom. The number of rotatable bonds is 10. The van der Waals surface area contributed by atoms with E-state index in [0.717, 1.165) is 38.4 Å². The van der Waals surface area contributed by atoms with Crippen molar-refractivity contribution >= 4 is 39.2 Å². The summed E-state index contributed by atoms with van der Waals surface area (Å²) in [5, 5.41) is 4.50. The highest BCUT2D eigenvalue weighted by Crippen LogP contribution is 2.36. The number of ether oxygens (including phenoxy) is 1. The van der Waals surface area contributed by atoms with E-state index in [1.165, 1.54) is 11.8 Å². The van der Waals surface area contributed by atoms with Gasteiger partial charge in [0.25, 0.3) is 5.56 Å². The van der Waals surface area contributed by atoms with Crippen LogP contribution in [0.4, 0.5) is 0 Å². The highest BCUT2D eigenvalue weighted by Gasteiger charge is 2.29. The minimum atomic E-state index is -0.274. The summed E-state index contributed by atoms with van der Waals surface area (Å²) < 4.78 is 7.88. The normalized spacial score (nSPS) is 14.7. The second-order valence-electron chi connectivity index (χ2n) is 11.2. The Hall–Kier alpha value is -3.72. The highest BCUT2D eigenvalue weighted by molar-refractivity contribution is 7.99. The zero-order chi connectivity index (χ0) is 29.8. The molecule has 0 bridgehead atoms. The van der Waals surface area contributed by atoms with Crippen molar-refractivity contribution in [2.45, 2.75) is 57.1 Å². The number of amides is 1. The molecule has 0 aliphatic carbocycles. The first-order valence-corrected chi connectivity index (χ1v) is 16.5. The molecule has 220 valence electrons. The van der Waals surface area contributed by atoms with Gasteiger partial charge in [0, 0.05) is 17.8 Å². The number of thioether (sulfide) groups is 1. The minimum absolute atomic E-state index is 0.0304. The summed E-state index contributed by atoms with van der Waals surface area (Å²) in [5.41, 5.74) is 4.23. The van der Waals surface area contributed by atoms with E-state index in [0.29, 0.717) is 36.0 Å². The fraction of sp³-hybridized carbons (Fsp3) is 0.286. The van der Waals surface area contributed by atoms with Gasteiger partial charge in [0.1, 0.15) is 4.83 Å². The number of aromatic nitrogens is 2. The summed E-state index contributed by atoms with van der Waals surface area (Å²) in [6.45, 7) is 5.30. The van der Waals surface area contributed by atoms with Crippen molar-refractivity contribution in [3.8, 4) is 0 Å². The van der Waals surface area contributed by atoms with Gasteiger partial charge in [0.15, 0.2) is 5.16 Å². The second kappa shape index (κ2) is 13.3. The molecule has 6 rings (SSSR count). The molecular weight excluding hydrogens is 575 g/mol. The molecule has 1 aliphatic rings. The molecule has 0 saturated carbocycles. The molecule has 1 amide bonds. The van der Waals surface area contributed by atoms with Crippen LogP contribution in [0.2, 0.25) is 0 Å². The zero-order valence-corrected chi connectivity index (χ0v) is 26.0. The molecule has 0 fully saturated rings. The van der Waals surface area contributed by atoms with E-state index in [-0.39, 0.29) is 29.4 Å². The molecule has 2 aromatic heterocycles. The van der Waals surface area contributed by atoms with Gasteiger partial charge in [-0.25, -0.2) is 4.98 Å². The molecule has 1 atom stereocenters. The van der Waals surface area contributed by atoms with Crippen molar-refractivity contribution in [1.29, 1.82) is 0 Å². The molecule has 0 saturated heterocycles. The Labute approximate surface area is 260 Å². The van der Waals surface area contributed by atoms with E-state index in [9.17, 15) is 9.59 Å². The quantitative estimate of drug-likeness (QED) is 0.139. The highest BCUT2D eigenvalue weighted by atomic mass is 32.2. The number of nitrogens with one attached hydrogen (secondary N) is 1. The summed E-state index contributed by atoms with van der Waals surface area (Å²) in [4.78, 5) is 34.4. The van der Waals surface area contributed by atoms with Crippen LogP contribution in [0.25, 0.3) is 10.2 Å². The van der Waals surface area contributed by atoms with Crippen LogP contribution in [0, 0.1) is 5.92 Å². The smallest absolute Gasteiger partial charge is 0.263 e. The lowest BCUT2D eigenvalue weighted by Gasteiger charge is -2.26. The number of carbonyl (C=O) groups excluding carboxylic acids is 1. The van der Waals surface area contributed by atoms with Crippen LogP contribution in [0.1, 0.15) is 47.0 Å². The molecule has 3 heterocycles. The third-order valence-corrected chi connectivity index (χ3v) is 9.98. The van der Waals surface area contributed by atoms with E-state index in [1.54, 1.807) is 15.9 Å². The van der Waals surface area contributed by atoms with Gasteiger partial charge in [-0.1, -0.05) is 117 Å². The number of aryl methyl sites for hydroxylation is 1. The Kier molecular flexibility index (Phi) is 9.07. The number of nitrogens with zero attached hydrogens (tertiary/aromatic N) is 2. The van der Waals surface area contributed by atoms with Gasteiger partial charge < -0.3 is 10.1 Å². The Balaban J connectivity index is 1.29. The first-order valence-electron chi connectivity index (χ1n) is 14.7. The maximum absolute atomic E-state index is 14.1. The molecule has 8 heteroatoms. The summed E-state index contributed by atoms with van der Waals surface area (Å²) in [6, 6.07) is 29.8. The average molecular weight is 610 g/mol. The first-order chi connectivity index (χ1) is 21.0. The number of hydrogen-bond acceptors (Lipinski definition) is 6. The van der Waals surface area contributed by atoms with Crippen molar-refractivity contribution < 1.29 is 9.53 Å². The Morgan fingerprint density at radius 2 is 1.63 bits per heavy atom. The van der Waals surface area contributed by atoms with Crippen molar-refractivity contribution in [2.75, 3.05) is 5.75 Å². The van der Waals surface area contributed by atoms with E-state index in [4.69, 9.17) is 9.72 Å². The van der Waals surface area contributed by atoms with Gasteiger partial charge in [-0.05, 0) is 34.6 Å². The van der Waals surface area contributed by atoms with Crippen molar-refractivity contribution in [1.82, 2.24) is 14.9 Å². The number of fused-ring (bicyclic) bond motifs is 3. The van der Waals surface area contributed by atoms with Gasteiger partial charge in [-0.15, -0.1) is 11.3 Å². The van der Waals surface area contributed by atoms with Crippen LogP contribution >= 0.6 is 23.1 Å². The minimum Gasteiger partial charge on any atom is -0.372 e. The molecule has 0 unspecified atom stereocenters. The molecule has 1 N–H and O–H groups in total. The summed E-state index contributed by atoms with van der Waals surface area (Å²) in [6.07, 6.45) is 1.50. The van der Waals surface area contributed by atoms with E-state index >= 15 is 0 Å². The zero-order valence-electron chi connectivity index (χ0n) is 24.4. The second-order valence-corrected chi connectivity index (χ2v) is 13.2. The summed E-state index contributed by atoms with van der Waals surface area (Å²) in [5.74, 6) is 0.383. The lowest BCUT2D eigenvalue weighted by molar-refractivity contribution is -0.119. The third kappa shape index (κ3) is 6.61. The van der Waals surface area contributed by atoms with Crippen molar-refractivity contribution in [3.05, 3.63) is 128 Å². The number of thiophene rings is 1. The van der Waals surface area contributed by atoms with Crippen LogP contribution < -0.4 is 10.9 Å². The maximum Gasteiger partial charge on any atom is 0.263 e.